The van der Waals surface area contributed by atoms with Crippen molar-refractivity contribution in [2.24, 2.45) is 11.8 Å². The summed E-state index contributed by atoms with van der Waals surface area (Å²) in [6, 6.07) is 8.01. The summed E-state index contributed by atoms with van der Waals surface area (Å²) in [7, 11) is 0. The van der Waals surface area contributed by atoms with Gasteiger partial charge >= 0.3 is 0 Å². The van der Waals surface area contributed by atoms with Gasteiger partial charge in [0.2, 0.25) is 0 Å². The first kappa shape index (κ1) is 11.7. The fourth-order valence-corrected chi connectivity index (χ4v) is 2.83. The lowest BCUT2D eigenvalue weighted by Crippen LogP contribution is -2.35. The predicted molar refractivity (Wildman–Crippen MR) is 67.7 cm³/mol. The second-order valence-electron chi connectivity index (χ2n) is 5.11. The van der Waals surface area contributed by atoms with Crippen molar-refractivity contribution in [3.63, 3.8) is 0 Å². The maximum Gasteiger partial charge on any atom is 0.142 e. The standard InChI is InChI=1S/C15H18O3/c16-15(11-5-7-17-8-6-11)13-9-12-3-1-2-4-14(12)18-10-13/h1-4,11,13H,5-10H2. The molecule has 2 aliphatic rings. The molecule has 96 valence electrons. The molecule has 0 N–H and O–H groups in total. The highest BCUT2D eigenvalue weighted by atomic mass is 16.5. The Morgan fingerprint density at radius 2 is 1.89 bits per heavy atom. The SMILES string of the molecule is O=C(C1CCOCC1)C1COc2ccccc2C1. The fourth-order valence-electron chi connectivity index (χ4n) is 2.83. The summed E-state index contributed by atoms with van der Waals surface area (Å²) >= 11 is 0. The van der Waals surface area contributed by atoms with Crippen molar-refractivity contribution in [2.45, 2.75) is 19.3 Å². The Morgan fingerprint density at radius 1 is 1.11 bits per heavy atom. The molecular formula is C15H18O3. The number of benzene rings is 1. The zero-order valence-electron chi connectivity index (χ0n) is 10.4. The zero-order chi connectivity index (χ0) is 12.4. The van der Waals surface area contributed by atoms with Crippen molar-refractivity contribution >= 4 is 5.78 Å². The van der Waals surface area contributed by atoms with Gasteiger partial charge in [-0.1, -0.05) is 18.2 Å². The minimum Gasteiger partial charge on any atom is -0.493 e. The Bertz CT molecular complexity index is 435. The number of Topliss-reactive ketones (excluding diaryl/α,β-unsaturated/α-hetero) is 1. The van der Waals surface area contributed by atoms with E-state index < -0.39 is 0 Å². The molecule has 18 heavy (non-hydrogen) atoms. The van der Waals surface area contributed by atoms with E-state index in [0.717, 1.165) is 43.8 Å². The van der Waals surface area contributed by atoms with E-state index in [1.165, 1.54) is 0 Å². The quantitative estimate of drug-likeness (QED) is 0.802. The Hall–Kier alpha value is -1.35. The number of fused-ring (bicyclic) bond motifs is 1. The summed E-state index contributed by atoms with van der Waals surface area (Å²) in [5.74, 6) is 1.52. The van der Waals surface area contributed by atoms with Gasteiger partial charge in [-0.15, -0.1) is 0 Å². The molecule has 1 aromatic rings. The van der Waals surface area contributed by atoms with Gasteiger partial charge in [-0.2, -0.15) is 0 Å². The van der Waals surface area contributed by atoms with Crippen LogP contribution >= 0.6 is 0 Å². The van der Waals surface area contributed by atoms with Gasteiger partial charge in [0.05, 0.1) is 12.5 Å². The number of para-hydroxylation sites is 1. The summed E-state index contributed by atoms with van der Waals surface area (Å²) in [6.45, 7) is 1.98. The largest absolute Gasteiger partial charge is 0.493 e. The van der Waals surface area contributed by atoms with Gasteiger partial charge in [-0.3, -0.25) is 4.79 Å². The molecule has 3 rings (SSSR count). The first-order valence-electron chi connectivity index (χ1n) is 6.67. The van der Waals surface area contributed by atoms with Crippen LogP contribution in [-0.4, -0.2) is 25.6 Å². The van der Waals surface area contributed by atoms with Crippen LogP contribution in [0.3, 0.4) is 0 Å². The Balaban J connectivity index is 1.69. The van der Waals surface area contributed by atoms with Crippen LogP contribution in [-0.2, 0) is 16.0 Å². The summed E-state index contributed by atoms with van der Waals surface area (Å²) in [4.78, 5) is 12.4. The van der Waals surface area contributed by atoms with E-state index in [1.807, 2.05) is 18.2 Å². The number of hydrogen-bond donors (Lipinski definition) is 0. The number of rotatable bonds is 2. The summed E-state index contributed by atoms with van der Waals surface area (Å²) in [5, 5.41) is 0. The number of ether oxygens (including phenoxy) is 2. The minimum absolute atomic E-state index is 0.0306. The van der Waals surface area contributed by atoms with E-state index >= 15 is 0 Å². The summed E-state index contributed by atoms with van der Waals surface area (Å²) < 4.78 is 11.0. The van der Waals surface area contributed by atoms with Crippen molar-refractivity contribution in [3.8, 4) is 5.75 Å². The molecular weight excluding hydrogens is 228 g/mol. The van der Waals surface area contributed by atoms with Crippen LogP contribution in [0.2, 0.25) is 0 Å². The van der Waals surface area contributed by atoms with Crippen LogP contribution in [0.25, 0.3) is 0 Å². The van der Waals surface area contributed by atoms with Gasteiger partial charge in [0.15, 0.2) is 0 Å². The van der Waals surface area contributed by atoms with Gasteiger partial charge in [0, 0.05) is 19.1 Å². The van der Waals surface area contributed by atoms with Crippen LogP contribution in [0.1, 0.15) is 18.4 Å². The summed E-state index contributed by atoms with van der Waals surface area (Å²) in [6.07, 6.45) is 2.57. The monoisotopic (exact) mass is 246 g/mol. The van der Waals surface area contributed by atoms with Gasteiger partial charge < -0.3 is 9.47 Å². The van der Waals surface area contributed by atoms with Crippen LogP contribution in [0, 0.1) is 11.8 Å². The van der Waals surface area contributed by atoms with Crippen LogP contribution < -0.4 is 4.74 Å². The molecule has 1 fully saturated rings. The number of carbonyl (C=O) groups is 1. The number of hydrogen-bond acceptors (Lipinski definition) is 3. The zero-order valence-corrected chi connectivity index (χ0v) is 10.4. The maximum atomic E-state index is 12.4. The molecule has 3 heteroatoms. The van der Waals surface area contributed by atoms with E-state index in [-0.39, 0.29) is 11.8 Å². The highest BCUT2D eigenvalue weighted by Gasteiger charge is 2.31. The third-order valence-corrected chi connectivity index (χ3v) is 3.90. The molecule has 0 aromatic heterocycles. The second kappa shape index (κ2) is 5.11. The van der Waals surface area contributed by atoms with E-state index in [0.29, 0.717) is 12.4 Å². The molecule has 0 aliphatic carbocycles. The molecule has 1 saturated heterocycles. The first-order chi connectivity index (χ1) is 8.84. The van der Waals surface area contributed by atoms with Crippen molar-refractivity contribution in [2.75, 3.05) is 19.8 Å². The van der Waals surface area contributed by atoms with Crippen molar-refractivity contribution in [1.29, 1.82) is 0 Å². The van der Waals surface area contributed by atoms with Crippen LogP contribution in [0.4, 0.5) is 0 Å². The Morgan fingerprint density at radius 3 is 2.72 bits per heavy atom. The molecule has 0 saturated carbocycles. The molecule has 2 aliphatic heterocycles. The highest BCUT2D eigenvalue weighted by molar-refractivity contribution is 5.84. The Kier molecular flexibility index (Phi) is 3.33. The highest BCUT2D eigenvalue weighted by Crippen LogP contribution is 2.30. The lowest BCUT2D eigenvalue weighted by molar-refractivity contribution is -0.131. The third kappa shape index (κ3) is 2.27. The van der Waals surface area contributed by atoms with E-state index in [9.17, 15) is 4.79 Å². The van der Waals surface area contributed by atoms with Crippen molar-refractivity contribution < 1.29 is 14.3 Å². The third-order valence-electron chi connectivity index (χ3n) is 3.90. The molecule has 0 bridgehead atoms. The molecule has 0 spiro atoms. The fraction of sp³-hybridized carbons (Fsp3) is 0.533. The number of carbonyl (C=O) groups excluding carboxylic acids is 1. The van der Waals surface area contributed by atoms with Crippen LogP contribution in [0.15, 0.2) is 24.3 Å². The van der Waals surface area contributed by atoms with Gasteiger partial charge in [-0.05, 0) is 30.9 Å². The van der Waals surface area contributed by atoms with E-state index in [1.54, 1.807) is 0 Å². The smallest absolute Gasteiger partial charge is 0.142 e. The molecule has 1 unspecified atom stereocenters. The van der Waals surface area contributed by atoms with Crippen molar-refractivity contribution in [1.82, 2.24) is 0 Å². The van der Waals surface area contributed by atoms with Gasteiger partial charge in [0.1, 0.15) is 11.5 Å². The predicted octanol–water partition coefficient (Wildman–Crippen LogP) is 2.23. The average Bonchev–Trinajstić information content (AvgIpc) is 2.47. The van der Waals surface area contributed by atoms with E-state index in [4.69, 9.17) is 9.47 Å². The summed E-state index contributed by atoms with van der Waals surface area (Å²) in [5.41, 5.74) is 1.16. The molecule has 0 amide bonds. The van der Waals surface area contributed by atoms with Gasteiger partial charge in [-0.25, -0.2) is 0 Å². The van der Waals surface area contributed by atoms with Gasteiger partial charge in [0.25, 0.3) is 0 Å². The average molecular weight is 246 g/mol. The van der Waals surface area contributed by atoms with Crippen molar-refractivity contribution in [3.05, 3.63) is 29.8 Å². The maximum absolute atomic E-state index is 12.4. The molecule has 1 aromatic carbocycles. The Labute approximate surface area is 107 Å². The minimum atomic E-state index is 0.0306. The lowest BCUT2D eigenvalue weighted by atomic mass is 9.83. The van der Waals surface area contributed by atoms with E-state index in [2.05, 4.69) is 6.07 Å². The molecule has 3 nitrogen and oxygen atoms in total. The normalized spacial score (nSPS) is 24.1. The molecule has 1 atom stereocenters. The lowest BCUT2D eigenvalue weighted by Gasteiger charge is -2.29. The molecule has 0 radical (unpaired) electrons. The topological polar surface area (TPSA) is 35.5 Å². The second-order valence-corrected chi connectivity index (χ2v) is 5.11. The van der Waals surface area contributed by atoms with Crippen LogP contribution in [0.5, 0.6) is 5.75 Å². The molecule has 2 heterocycles. The number of ketones is 1. The first-order valence-corrected chi connectivity index (χ1v) is 6.67.